The van der Waals surface area contributed by atoms with Crippen molar-refractivity contribution in [3.63, 3.8) is 0 Å². The highest BCUT2D eigenvalue weighted by molar-refractivity contribution is 5.09. The molecule has 0 bridgehead atoms. The lowest BCUT2D eigenvalue weighted by atomic mass is 10.1. The quantitative estimate of drug-likeness (QED) is 0.640. The summed E-state index contributed by atoms with van der Waals surface area (Å²) in [4.78, 5) is 0. The lowest BCUT2D eigenvalue weighted by Gasteiger charge is -2.11. The Morgan fingerprint density at radius 3 is 3.08 bits per heavy atom. The Labute approximate surface area is 72.5 Å². The van der Waals surface area contributed by atoms with Gasteiger partial charge in [-0.05, 0) is 18.9 Å². The van der Waals surface area contributed by atoms with Crippen LogP contribution in [0.2, 0.25) is 0 Å². The first kappa shape index (κ1) is 7.87. The highest BCUT2D eigenvalue weighted by Gasteiger charge is 2.15. The summed E-state index contributed by atoms with van der Waals surface area (Å²) in [7, 11) is 0. The fraction of sp³-hybridized carbons (Fsp3) is 0.600. The molecule has 0 aromatic carbocycles. The van der Waals surface area contributed by atoms with Crippen molar-refractivity contribution in [1.82, 2.24) is 0 Å². The molecular weight excluding hydrogens is 152 g/mol. The van der Waals surface area contributed by atoms with Crippen LogP contribution in [0.3, 0.4) is 0 Å². The predicted octanol–water partition coefficient (Wildman–Crippen LogP) is 2.91. The van der Waals surface area contributed by atoms with Crippen molar-refractivity contribution in [2.45, 2.75) is 31.8 Å². The maximum Gasteiger partial charge on any atom is 0.0960 e. The second kappa shape index (κ2) is 3.76. The molecule has 1 unspecified atom stereocenters. The molecule has 0 aliphatic carbocycles. The van der Waals surface area contributed by atoms with Gasteiger partial charge < -0.3 is 9.15 Å². The van der Waals surface area contributed by atoms with Crippen LogP contribution in [0.15, 0.2) is 23.0 Å². The van der Waals surface area contributed by atoms with Crippen molar-refractivity contribution >= 4 is 0 Å². The molecule has 1 aliphatic heterocycles. The van der Waals surface area contributed by atoms with Crippen molar-refractivity contribution < 1.29 is 9.15 Å². The fourth-order valence-corrected chi connectivity index (χ4v) is 1.64. The molecule has 12 heavy (non-hydrogen) atoms. The van der Waals surface area contributed by atoms with Crippen molar-refractivity contribution in [1.29, 1.82) is 0 Å². The summed E-state index contributed by atoms with van der Waals surface area (Å²) in [5.74, 6) is 0. The van der Waals surface area contributed by atoms with E-state index < -0.39 is 0 Å². The second-order valence-corrected chi connectivity index (χ2v) is 3.27. The summed E-state index contributed by atoms with van der Waals surface area (Å²) in [6.45, 7) is 0.899. The first-order valence-corrected chi connectivity index (χ1v) is 4.60. The Bertz CT molecular complexity index is 208. The summed E-state index contributed by atoms with van der Waals surface area (Å²) >= 11 is 0. The van der Waals surface area contributed by atoms with E-state index in [1.54, 1.807) is 12.5 Å². The molecule has 0 radical (unpaired) electrons. The highest BCUT2D eigenvalue weighted by Crippen LogP contribution is 2.26. The monoisotopic (exact) mass is 166 g/mol. The topological polar surface area (TPSA) is 22.4 Å². The summed E-state index contributed by atoms with van der Waals surface area (Å²) < 4.78 is 10.7. The number of ether oxygens (including phenoxy) is 1. The van der Waals surface area contributed by atoms with Gasteiger partial charge in [-0.2, -0.15) is 0 Å². The van der Waals surface area contributed by atoms with E-state index in [1.807, 2.05) is 6.07 Å². The molecule has 2 nitrogen and oxygen atoms in total. The van der Waals surface area contributed by atoms with Crippen LogP contribution in [0.1, 0.15) is 37.4 Å². The van der Waals surface area contributed by atoms with E-state index in [4.69, 9.17) is 9.15 Å². The number of hydrogen-bond acceptors (Lipinski definition) is 2. The van der Waals surface area contributed by atoms with Gasteiger partial charge in [-0.25, -0.2) is 0 Å². The van der Waals surface area contributed by atoms with E-state index in [0.29, 0.717) is 0 Å². The van der Waals surface area contributed by atoms with Crippen LogP contribution in [0, 0.1) is 0 Å². The molecule has 1 atom stereocenters. The van der Waals surface area contributed by atoms with Crippen LogP contribution >= 0.6 is 0 Å². The zero-order chi connectivity index (χ0) is 8.23. The highest BCUT2D eigenvalue weighted by atomic mass is 16.5. The average molecular weight is 166 g/mol. The summed E-state index contributed by atoms with van der Waals surface area (Å²) in [5, 5.41) is 0. The molecular formula is C10H14O2. The van der Waals surface area contributed by atoms with Gasteiger partial charge in [0.1, 0.15) is 0 Å². The number of furan rings is 1. The molecule has 2 rings (SSSR count). The minimum atomic E-state index is 0.284. The first-order chi connectivity index (χ1) is 5.97. The Hall–Kier alpha value is -0.760. The average Bonchev–Trinajstić information content (AvgIpc) is 2.48. The minimum Gasteiger partial charge on any atom is -0.472 e. The van der Waals surface area contributed by atoms with Gasteiger partial charge in [0.25, 0.3) is 0 Å². The number of rotatable bonds is 1. The molecule has 0 amide bonds. The van der Waals surface area contributed by atoms with Gasteiger partial charge in [0.05, 0.1) is 18.6 Å². The molecule has 0 saturated carbocycles. The molecule has 1 aromatic heterocycles. The second-order valence-electron chi connectivity index (χ2n) is 3.27. The third kappa shape index (κ3) is 1.69. The number of hydrogen-bond donors (Lipinski definition) is 0. The fourth-order valence-electron chi connectivity index (χ4n) is 1.64. The SMILES string of the molecule is c1cc(C2CCCCCO2)co1. The molecule has 1 aliphatic rings. The van der Waals surface area contributed by atoms with Crippen molar-refractivity contribution in [3.8, 4) is 0 Å². The lowest BCUT2D eigenvalue weighted by Crippen LogP contribution is -2.00. The van der Waals surface area contributed by atoms with Crippen LogP contribution < -0.4 is 0 Å². The van der Waals surface area contributed by atoms with E-state index in [0.717, 1.165) is 13.0 Å². The van der Waals surface area contributed by atoms with Crippen LogP contribution in [0.25, 0.3) is 0 Å². The Morgan fingerprint density at radius 1 is 1.25 bits per heavy atom. The standard InChI is InChI=1S/C10H14O2/c1-2-4-10(12-6-3-1)9-5-7-11-8-9/h5,7-8,10H,1-4,6H2. The van der Waals surface area contributed by atoms with Crippen molar-refractivity contribution in [3.05, 3.63) is 24.2 Å². The van der Waals surface area contributed by atoms with Gasteiger partial charge in [0, 0.05) is 12.2 Å². The van der Waals surface area contributed by atoms with Gasteiger partial charge in [0.2, 0.25) is 0 Å². The normalized spacial score (nSPS) is 25.2. The van der Waals surface area contributed by atoms with Gasteiger partial charge >= 0.3 is 0 Å². The third-order valence-corrected chi connectivity index (χ3v) is 2.34. The molecule has 1 fully saturated rings. The predicted molar refractivity (Wildman–Crippen MR) is 45.9 cm³/mol. The summed E-state index contributed by atoms with van der Waals surface area (Å²) in [6.07, 6.45) is 8.70. The Balaban J connectivity index is 2.02. The van der Waals surface area contributed by atoms with E-state index in [1.165, 1.54) is 24.8 Å². The van der Waals surface area contributed by atoms with E-state index in [-0.39, 0.29) is 6.10 Å². The maximum atomic E-state index is 5.69. The first-order valence-electron chi connectivity index (χ1n) is 4.60. The molecule has 2 heterocycles. The zero-order valence-electron chi connectivity index (χ0n) is 7.16. The van der Waals surface area contributed by atoms with Crippen molar-refractivity contribution in [2.24, 2.45) is 0 Å². The lowest BCUT2D eigenvalue weighted by molar-refractivity contribution is 0.0579. The summed E-state index contributed by atoms with van der Waals surface area (Å²) in [6, 6.07) is 2.00. The van der Waals surface area contributed by atoms with E-state index in [2.05, 4.69) is 0 Å². The van der Waals surface area contributed by atoms with Crippen LogP contribution in [0.5, 0.6) is 0 Å². The van der Waals surface area contributed by atoms with Crippen LogP contribution in [0.4, 0.5) is 0 Å². The van der Waals surface area contributed by atoms with E-state index >= 15 is 0 Å². The van der Waals surface area contributed by atoms with Gasteiger partial charge in [-0.1, -0.05) is 12.8 Å². The largest absolute Gasteiger partial charge is 0.472 e. The van der Waals surface area contributed by atoms with Crippen molar-refractivity contribution in [2.75, 3.05) is 6.61 Å². The molecule has 0 spiro atoms. The Kier molecular flexibility index (Phi) is 2.47. The maximum absolute atomic E-state index is 5.69. The third-order valence-electron chi connectivity index (χ3n) is 2.34. The molecule has 1 aromatic rings. The van der Waals surface area contributed by atoms with E-state index in [9.17, 15) is 0 Å². The molecule has 0 N–H and O–H groups in total. The summed E-state index contributed by atoms with van der Waals surface area (Å²) in [5.41, 5.74) is 1.19. The molecule has 66 valence electrons. The van der Waals surface area contributed by atoms with Crippen LogP contribution in [-0.2, 0) is 4.74 Å². The smallest absolute Gasteiger partial charge is 0.0960 e. The molecule has 2 heteroatoms. The zero-order valence-corrected chi connectivity index (χ0v) is 7.16. The van der Waals surface area contributed by atoms with Gasteiger partial charge in [-0.15, -0.1) is 0 Å². The van der Waals surface area contributed by atoms with Gasteiger partial charge in [0.15, 0.2) is 0 Å². The van der Waals surface area contributed by atoms with Gasteiger partial charge in [-0.3, -0.25) is 0 Å². The minimum absolute atomic E-state index is 0.284. The Morgan fingerprint density at radius 2 is 2.25 bits per heavy atom. The molecule has 1 saturated heterocycles. The van der Waals surface area contributed by atoms with Crippen LogP contribution in [-0.4, -0.2) is 6.61 Å².